The highest BCUT2D eigenvalue weighted by Gasteiger charge is 2.07. The molecule has 1 aromatic carbocycles. The van der Waals surface area contributed by atoms with Gasteiger partial charge in [-0.2, -0.15) is 0 Å². The molecule has 1 aromatic heterocycles. The molecule has 0 saturated heterocycles. The molecule has 0 amide bonds. The molecule has 12 heavy (non-hydrogen) atoms. The van der Waals surface area contributed by atoms with Gasteiger partial charge in [0, 0.05) is 0 Å². The second-order valence-electron chi connectivity index (χ2n) is 3.04. The number of nitrogens with zero attached hydrogens (tertiary/aromatic N) is 1. The quantitative estimate of drug-likeness (QED) is 0.642. The predicted octanol–water partition coefficient (Wildman–Crippen LogP) is 0.866. The van der Waals surface area contributed by atoms with Crippen molar-refractivity contribution in [2.75, 3.05) is 0 Å². The van der Waals surface area contributed by atoms with Gasteiger partial charge in [0.05, 0.1) is 11.0 Å². The first-order valence-electron chi connectivity index (χ1n) is 4.05. The van der Waals surface area contributed by atoms with Gasteiger partial charge in [0.15, 0.2) is 5.82 Å². The van der Waals surface area contributed by atoms with Crippen molar-refractivity contribution in [3.05, 3.63) is 30.1 Å². The van der Waals surface area contributed by atoms with E-state index in [-0.39, 0.29) is 6.04 Å². The van der Waals surface area contributed by atoms with E-state index in [9.17, 15) is 0 Å². The van der Waals surface area contributed by atoms with Gasteiger partial charge in [-0.25, -0.2) is 4.98 Å². The van der Waals surface area contributed by atoms with Crippen LogP contribution in [0, 0.1) is 0 Å². The third-order valence-electron chi connectivity index (χ3n) is 1.87. The van der Waals surface area contributed by atoms with Crippen molar-refractivity contribution in [1.82, 2.24) is 9.97 Å². The largest absolute Gasteiger partial charge is 0.349 e. The highest BCUT2D eigenvalue weighted by Crippen LogP contribution is 2.12. The van der Waals surface area contributed by atoms with E-state index in [1.807, 2.05) is 31.2 Å². The number of imidazole rings is 1. The summed E-state index contributed by atoms with van der Waals surface area (Å²) in [6.07, 6.45) is 0. The van der Waals surface area contributed by atoms with Gasteiger partial charge in [-0.15, -0.1) is 0 Å². The van der Waals surface area contributed by atoms with Crippen LogP contribution in [0.25, 0.3) is 11.0 Å². The van der Waals surface area contributed by atoms with E-state index in [1.165, 1.54) is 0 Å². The van der Waals surface area contributed by atoms with Crippen LogP contribution in [-0.2, 0) is 0 Å². The molecule has 0 saturated carbocycles. The summed E-state index contributed by atoms with van der Waals surface area (Å²) in [5.41, 5.74) is 6.01. The highest BCUT2D eigenvalue weighted by molar-refractivity contribution is 5.74. The number of H-pyrrole nitrogens is 1. The maximum Gasteiger partial charge on any atom is 0.165 e. The molecular weight excluding hydrogens is 150 g/mol. The molecule has 0 aliphatic carbocycles. The fraction of sp³-hybridized carbons (Fsp3) is 0.222. The Labute approximate surface area is 70.6 Å². The number of nitrogens with one attached hydrogen (secondary N) is 1. The standard InChI is InChI=1S/C9H11N3/c1-6(10)9-11-7-4-2-3-5-8(7)12-9/h2-6H,10H2,1H3,(H,11,12)/p+1/t6-/m0/s1. The molecule has 0 aliphatic rings. The van der Waals surface area contributed by atoms with Crippen molar-refractivity contribution in [2.24, 2.45) is 0 Å². The van der Waals surface area contributed by atoms with E-state index in [0.717, 1.165) is 16.9 Å². The van der Waals surface area contributed by atoms with E-state index in [4.69, 9.17) is 0 Å². The van der Waals surface area contributed by atoms with Crippen LogP contribution in [-0.4, -0.2) is 9.97 Å². The van der Waals surface area contributed by atoms with E-state index < -0.39 is 0 Å². The summed E-state index contributed by atoms with van der Waals surface area (Å²) in [5, 5.41) is 0. The summed E-state index contributed by atoms with van der Waals surface area (Å²) in [4.78, 5) is 7.62. The lowest BCUT2D eigenvalue weighted by Crippen LogP contribution is -2.52. The smallest absolute Gasteiger partial charge is 0.165 e. The SMILES string of the molecule is C[C@H]([NH3+])c1nc2ccccc2[nH]1. The lowest BCUT2D eigenvalue weighted by Gasteiger charge is -1.92. The normalized spacial score (nSPS) is 13.5. The van der Waals surface area contributed by atoms with Crippen LogP contribution in [0.3, 0.4) is 0 Å². The molecule has 1 heterocycles. The van der Waals surface area contributed by atoms with Crippen LogP contribution in [0.1, 0.15) is 18.8 Å². The van der Waals surface area contributed by atoms with E-state index in [1.54, 1.807) is 0 Å². The Kier molecular flexibility index (Phi) is 1.59. The zero-order valence-corrected chi connectivity index (χ0v) is 7.04. The van der Waals surface area contributed by atoms with Crippen molar-refractivity contribution in [3.63, 3.8) is 0 Å². The van der Waals surface area contributed by atoms with Crippen LogP contribution in [0.4, 0.5) is 0 Å². The Bertz CT molecular complexity index is 356. The van der Waals surface area contributed by atoms with E-state index in [2.05, 4.69) is 15.7 Å². The summed E-state index contributed by atoms with van der Waals surface area (Å²) in [5.74, 6) is 0.955. The molecule has 0 fully saturated rings. The number of aromatic amines is 1. The number of fused-ring (bicyclic) bond motifs is 1. The first-order valence-corrected chi connectivity index (χ1v) is 4.05. The fourth-order valence-corrected chi connectivity index (χ4v) is 1.21. The Morgan fingerprint density at radius 2 is 2.17 bits per heavy atom. The zero-order valence-electron chi connectivity index (χ0n) is 7.04. The van der Waals surface area contributed by atoms with Gasteiger partial charge in [-0.1, -0.05) is 12.1 Å². The summed E-state index contributed by atoms with van der Waals surface area (Å²) in [7, 11) is 0. The molecule has 2 aromatic rings. The molecule has 62 valence electrons. The van der Waals surface area contributed by atoms with Crippen LogP contribution in [0.5, 0.6) is 0 Å². The summed E-state index contributed by atoms with van der Waals surface area (Å²) < 4.78 is 0. The molecular formula is C9H12N3+. The summed E-state index contributed by atoms with van der Waals surface area (Å²) in [6, 6.07) is 8.22. The Hall–Kier alpha value is -1.35. The van der Waals surface area contributed by atoms with E-state index >= 15 is 0 Å². The van der Waals surface area contributed by atoms with Gasteiger partial charge in [-0.05, 0) is 19.1 Å². The third-order valence-corrected chi connectivity index (χ3v) is 1.87. The molecule has 0 aliphatic heterocycles. The van der Waals surface area contributed by atoms with Crippen LogP contribution in [0.2, 0.25) is 0 Å². The summed E-state index contributed by atoms with van der Waals surface area (Å²) >= 11 is 0. The lowest BCUT2D eigenvalue weighted by atomic mass is 10.3. The van der Waals surface area contributed by atoms with Crippen LogP contribution in [0.15, 0.2) is 24.3 Å². The Morgan fingerprint density at radius 1 is 1.42 bits per heavy atom. The maximum atomic E-state index is 4.39. The minimum absolute atomic E-state index is 0.220. The maximum absolute atomic E-state index is 4.39. The summed E-state index contributed by atoms with van der Waals surface area (Å²) in [6.45, 7) is 2.03. The zero-order chi connectivity index (χ0) is 8.55. The van der Waals surface area contributed by atoms with Gasteiger partial charge in [0.25, 0.3) is 0 Å². The fourth-order valence-electron chi connectivity index (χ4n) is 1.21. The van der Waals surface area contributed by atoms with Crippen LogP contribution < -0.4 is 5.73 Å². The Morgan fingerprint density at radius 3 is 2.83 bits per heavy atom. The number of rotatable bonds is 1. The number of hydrogen-bond acceptors (Lipinski definition) is 1. The predicted molar refractivity (Wildman–Crippen MR) is 47.4 cm³/mol. The van der Waals surface area contributed by atoms with Gasteiger partial charge < -0.3 is 10.7 Å². The van der Waals surface area contributed by atoms with Crippen molar-refractivity contribution < 1.29 is 5.73 Å². The molecule has 0 bridgehead atoms. The van der Waals surface area contributed by atoms with Crippen molar-refractivity contribution >= 4 is 11.0 Å². The number of benzene rings is 1. The molecule has 3 nitrogen and oxygen atoms in total. The number of hydrogen-bond donors (Lipinski definition) is 2. The van der Waals surface area contributed by atoms with Gasteiger partial charge in [0.1, 0.15) is 6.04 Å². The van der Waals surface area contributed by atoms with Crippen molar-refractivity contribution in [2.45, 2.75) is 13.0 Å². The molecule has 2 rings (SSSR count). The van der Waals surface area contributed by atoms with Crippen molar-refractivity contribution in [3.8, 4) is 0 Å². The van der Waals surface area contributed by atoms with Crippen molar-refractivity contribution in [1.29, 1.82) is 0 Å². The molecule has 0 radical (unpaired) electrons. The van der Waals surface area contributed by atoms with Gasteiger partial charge in [0.2, 0.25) is 0 Å². The minimum atomic E-state index is 0.220. The second kappa shape index (κ2) is 2.60. The third kappa shape index (κ3) is 1.08. The molecule has 1 atom stereocenters. The second-order valence-corrected chi connectivity index (χ2v) is 3.04. The number of aromatic nitrogens is 2. The molecule has 3 heteroatoms. The van der Waals surface area contributed by atoms with Crippen LogP contribution >= 0.6 is 0 Å². The highest BCUT2D eigenvalue weighted by atomic mass is 15.0. The average Bonchev–Trinajstić information content (AvgIpc) is 2.46. The number of para-hydroxylation sites is 2. The molecule has 0 spiro atoms. The minimum Gasteiger partial charge on any atom is -0.349 e. The topological polar surface area (TPSA) is 56.3 Å². The average molecular weight is 162 g/mol. The molecule has 4 N–H and O–H groups in total. The van der Waals surface area contributed by atoms with Gasteiger partial charge in [-0.3, -0.25) is 0 Å². The lowest BCUT2D eigenvalue weighted by molar-refractivity contribution is -0.422. The Balaban J connectivity index is 2.62. The molecule has 0 unspecified atom stereocenters. The number of quaternary nitrogens is 1. The van der Waals surface area contributed by atoms with Gasteiger partial charge >= 0.3 is 0 Å². The first kappa shape index (κ1) is 7.31. The van der Waals surface area contributed by atoms with E-state index in [0.29, 0.717) is 0 Å². The first-order chi connectivity index (χ1) is 5.77. The monoisotopic (exact) mass is 162 g/mol.